The van der Waals surface area contributed by atoms with Crippen LogP contribution in [0.4, 0.5) is 17.2 Å². The van der Waals surface area contributed by atoms with Gasteiger partial charge in [0.25, 0.3) is 0 Å². The minimum atomic E-state index is 0.508. The maximum Gasteiger partial charge on any atom is 0.142 e. The molecule has 0 unspecified atom stereocenters. The summed E-state index contributed by atoms with van der Waals surface area (Å²) in [6.07, 6.45) is 1.69. The third kappa shape index (κ3) is 2.87. The van der Waals surface area contributed by atoms with Crippen LogP contribution in [0, 0.1) is 0 Å². The predicted octanol–water partition coefficient (Wildman–Crippen LogP) is 2.81. The summed E-state index contributed by atoms with van der Waals surface area (Å²) in [5.41, 5.74) is 7.33. The van der Waals surface area contributed by atoms with Gasteiger partial charge < -0.3 is 15.8 Å². The van der Waals surface area contributed by atoms with Crippen molar-refractivity contribution < 1.29 is 4.74 Å². The number of nitrogen functional groups attached to an aromatic ring is 1. The molecule has 3 N–H and O–H groups in total. The van der Waals surface area contributed by atoms with E-state index in [0.29, 0.717) is 12.4 Å². The van der Waals surface area contributed by atoms with Gasteiger partial charge in [-0.1, -0.05) is 12.1 Å². The molecule has 88 valence electrons. The predicted molar refractivity (Wildman–Crippen MR) is 69.5 cm³/mol. The van der Waals surface area contributed by atoms with Crippen LogP contribution in [0.15, 0.2) is 42.6 Å². The second-order valence-electron chi connectivity index (χ2n) is 3.53. The molecule has 0 radical (unpaired) electrons. The summed E-state index contributed by atoms with van der Waals surface area (Å²) < 4.78 is 5.53. The monoisotopic (exact) mass is 229 g/mol. The van der Waals surface area contributed by atoms with Crippen molar-refractivity contribution in [1.82, 2.24) is 4.98 Å². The molecule has 0 fully saturated rings. The fourth-order valence-corrected chi connectivity index (χ4v) is 1.49. The van der Waals surface area contributed by atoms with Crippen LogP contribution in [0.2, 0.25) is 0 Å². The molecule has 0 aliphatic carbocycles. The van der Waals surface area contributed by atoms with E-state index in [-0.39, 0.29) is 0 Å². The number of nitrogens with one attached hydrogen (secondary N) is 1. The maximum atomic E-state index is 5.53. The minimum Gasteiger partial charge on any atom is -0.492 e. The van der Waals surface area contributed by atoms with Crippen molar-refractivity contribution in [2.24, 2.45) is 0 Å². The number of nitrogens with two attached hydrogens (primary N) is 1. The fraction of sp³-hybridized carbons (Fsp3) is 0.154. The Morgan fingerprint density at radius 3 is 2.76 bits per heavy atom. The van der Waals surface area contributed by atoms with E-state index in [0.717, 1.165) is 17.1 Å². The van der Waals surface area contributed by atoms with E-state index in [1.54, 1.807) is 12.3 Å². The molecule has 0 aliphatic heterocycles. The highest BCUT2D eigenvalue weighted by molar-refractivity contribution is 5.66. The lowest BCUT2D eigenvalue weighted by Crippen LogP contribution is -1.98. The highest BCUT2D eigenvalue weighted by Gasteiger charge is 2.02. The van der Waals surface area contributed by atoms with Crippen molar-refractivity contribution in [2.45, 2.75) is 6.92 Å². The molecule has 2 aromatic rings. The lowest BCUT2D eigenvalue weighted by atomic mass is 10.2. The Morgan fingerprint density at radius 2 is 2.06 bits per heavy atom. The van der Waals surface area contributed by atoms with E-state index >= 15 is 0 Å². The first-order chi connectivity index (χ1) is 8.29. The summed E-state index contributed by atoms with van der Waals surface area (Å²) in [6.45, 7) is 2.60. The number of anilines is 3. The molecule has 0 aliphatic rings. The number of para-hydroxylation sites is 2. The van der Waals surface area contributed by atoms with Crippen molar-refractivity contribution in [3.63, 3.8) is 0 Å². The van der Waals surface area contributed by atoms with Gasteiger partial charge in [0.1, 0.15) is 11.6 Å². The molecule has 0 atom stereocenters. The van der Waals surface area contributed by atoms with Crippen molar-refractivity contribution in [2.75, 3.05) is 17.7 Å². The molecular formula is C13H15N3O. The molecule has 0 saturated heterocycles. The van der Waals surface area contributed by atoms with Crippen LogP contribution in [-0.2, 0) is 0 Å². The van der Waals surface area contributed by atoms with Gasteiger partial charge in [-0.3, -0.25) is 0 Å². The number of benzene rings is 1. The quantitative estimate of drug-likeness (QED) is 0.846. The molecule has 4 nitrogen and oxygen atoms in total. The average Bonchev–Trinajstić information content (AvgIpc) is 2.35. The number of aromatic nitrogens is 1. The van der Waals surface area contributed by atoms with Crippen LogP contribution < -0.4 is 15.8 Å². The molecule has 0 spiro atoms. The largest absolute Gasteiger partial charge is 0.492 e. The third-order valence-corrected chi connectivity index (χ3v) is 2.25. The van der Waals surface area contributed by atoms with Gasteiger partial charge in [-0.25, -0.2) is 4.98 Å². The van der Waals surface area contributed by atoms with Crippen LogP contribution in [0.3, 0.4) is 0 Å². The van der Waals surface area contributed by atoms with Crippen molar-refractivity contribution in [1.29, 1.82) is 0 Å². The molecule has 0 saturated carbocycles. The lowest BCUT2D eigenvalue weighted by Gasteiger charge is -2.11. The highest BCUT2D eigenvalue weighted by Crippen LogP contribution is 2.27. The SMILES string of the molecule is CCOc1ccccc1Nc1ccc(N)nc1. The first-order valence-electron chi connectivity index (χ1n) is 5.50. The molecule has 1 aromatic heterocycles. The number of ether oxygens (including phenoxy) is 1. The molecular weight excluding hydrogens is 214 g/mol. The van der Waals surface area contributed by atoms with Gasteiger partial charge in [0.2, 0.25) is 0 Å². The molecule has 2 rings (SSSR count). The van der Waals surface area contributed by atoms with E-state index in [1.165, 1.54) is 0 Å². The smallest absolute Gasteiger partial charge is 0.142 e. The Morgan fingerprint density at radius 1 is 1.24 bits per heavy atom. The van der Waals surface area contributed by atoms with Crippen LogP contribution in [-0.4, -0.2) is 11.6 Å². The standard InChI is InChI=1S/C13H15N3O/c1-2-17-12-6-4-3-5-11(12)16-10-7-8-13(14)15-9-10/h3-9,16H,2H2,1H3,(H2,14,15). The molecule has 1 aromatic carbocycles. The minimum absolute atomic E-state index is 0.508. The maximum absolute atomic E-state index is 5.53. The van der Waals surface area contributed by atoms with Crippen molar-refractivity contribution >= 4 is 17.2 Å². The number of hydrogen-bond acceptors (Lipinski definition) is 4. The van der Waals surface area contributed by atoms with E-state index in [2.05, 4.69) is 10.3 Å². The Kier molecular flexibility index (Phi) is 3.45. The van der Waals surface area contributed by atoms with Gasteiger partial charge in [-0.15, -0.1) is 0 Å². The van der Waals surface area contributed by atoms with Crippen molar-refractivity contribution in [3.05, 3.63) is 42.6 Å². The molecule has 0 amide bonds. The zero-order valence-corrected chi connectivity index (χ0v) is 9.68. The van der Waals surface area contributed by atoms with Gasteiger partial charge in [0, 0.05) is 0 Å². The molecule has 4 heteroatoms. The summed E-state index contributed by atoms with van der Waals surface area (Å²) >= 11 is 0. The average molecular weight is 229 g/mol. The molecule has 17 heavy (non-hydrogen) atoms. The van der Waals surface area contributed by atoms with Gasteiger partial charge in [-0.05, 0) is 31.2 Å². The van der Waals surface area contributed by atoms with E-state index in [9.17, 15) is 0 Å². The zero-order chi connectivity index (χ0) is 12.1. The first kappa shape index (κ1) is 11.3. The second kappa shape index (κ2) is 5.21. The Labute approximate surface area is 100 Å². The fourth-order valence-electron chi connectivity index (χ4n) is 1.49. The van der Waals surface area contributed by atoms with Crippen LogP contribution in [0.25, 0.3) is 0 Å². The van der Waals surface area contributed by atoms with Crippen LogP contribution in [0.5, 0.6) is 5.75 Å². The zero-order valence-electron chi connectivity index (χ0n) is 9.68. The van der Waals surface area contributed by atoms with E-state index in [4.69, 9.17) is 10.5 Å². The van der Waals surface area contributed by atoms with Gasteiger partial charge in [-0.2, -0.15) is 0 Å². The summed E-state index contributed by atoms with van der Waals surface area (Å²) in [5.74, 6) is 1.33. The van der Waals surface area contributed by atoms with Crippen molar-refractivity contribution in [3.8, 4) is 5.75 Å². The Balaban J connectivity index is 2.20. The summed E-state index contributed by atoms with van der Waals surface area (Å²) in [5, 5.41) is 3.24. The normalized spacial score (nSPS) is 9.94. The van der Waals surface area contributed by atoms with Gasteiger partial charge in [0.05, 0.1) is 24.2 Å². The summed E-state index contributed by atoms with van der Waals surface area (Å²) in [6, 6.07) is 11.4. The lowest BCUT2D eigenvalue weighted by molar-refractivity contribution is 0.342. The first-order valence-corrected chi connectivity index (χ1v) is 5.50. The Bertz CT molecular complexity index is 482. The third-order valence-electron chi connectivity index (χ3n) is 2.25. The number of hydrogen-bond donors (Lipinski definition) is 2. The molecule has 0 bridgehead atoms. The summed E-state index contributed by atoms with van der Waals surface area (Å²) in [7, 11) is 0. The molecule has 1 heterocycles. The van der Waals surface area contributed by atoms with E-state index in [1.807, 2.05) is 37.3 Å². The van der Waals surface area contributed by atoms with Gasteiger partial charge in [0.15, 0.2) is 0 Å². The van der Waals surface area contributed by atoms with Crippen LogP contribution in [0.1, 0.15) is 6.92 Å². The summed E-state index contributed by atoms with van der Waals surface area (Å²) in [4.78, 5) is 4.03. The number of nitrogens with zero attached hydrogens (tertiary/aromatic N) is 1. The second-order valence-corrected chi connectivity index (χ2v) is 3.53. The van der Waals surface area contributed by atoms with Crippen LogP contribution >= 0.6 is 0 Å². The van der Waals surface area contributed by atoms with Gasteiger partial charge >= 0.3 is 0 Å². The number of pyridine rings is 1. The van der Waals surface area contributed by atoms with E-state index < -0.39 is 0 Å². The Hall–Kier alpha value is -2.23. The number of rotatable bonds is 4. The highest BCUT2D eigenvalue weighted by atomic mass is 16.5. The topological polar surface area (TPSA) is 60.2 Å².